The number of rotatable bonds is 5. The van der Waals surface area contributed by atoms with Gasteiger partial charge in [-0.3, -0.25) is 9.78 Å². The van der Waals surface area contributed by atoms with Gasteiger partial charge in [0.2, 0.25) is 0 Å². The molecule has 0 bridgehead atoms. The van der Waals surface area contributed by atoms with E-state index in [0.29, 0.717) is 5.56 Å². The van der Waals surface area contributed by atoms with Crippen LogP contribution < -0.4 is 5.32 Å². The maximum Gasteiger partial charge on any atom is 0.326 e. The van der Waals surface area contributed by atoms with E-state index < -0.39 is 17.9 Å². The number of hydrogen-bond donors (Lipinski definition) is 3. The van der Waals surface area contributed by atoms with Crippen LogP contribution in [0.5, 0.6) is 0 Å². The zero-order chi connectivity index (χ0) is 12.8. The van der Waals surface area contributed by atoms with Crippen LogP contribution >= 0.6 is 12.6 Å². The van der Waals surface area contributed by atoms with E-state index >= 15 is 0 Å². The Bertz CT molecular complexity index is 395. The van der Waals surface area contributed by atoms with E-state index in [9.17, 15) is 9.59 Å². The average Bonchev–Trinajstić information content (AvgIpc) is 2.28. The van der Waals surface area contributed by atoms with Crippen LogP contribution in [-0.4, -0.2) is 33.3 Å². The second-order valence-corrected chi connectivity index (χ2v) is 4.57. The Morgan fingerprint density at radius 3 is 2.76 bits per heavy atom. The fourth-order valence-corrected chi connectivity index (χ4v) is 1.51. The lowest BCUT2D eigenvalue weighted by Crippen LogP contribution is -2.42. The fourth-order valence-electron chi connectivity index (χ4n) is 1.30. The number of aromatic nitrogens is 1. The van der Waals surface area contributed by atoms with Gasteiger partial charge in [0.05, 0.1) is 5.56 Å². The van der Waals surface area contributed by atoms with Gasteiger partial charge in [-0.05, 0) is 18.6 Å². The van der Waals surface area contributed by atoms with Gasteiger partial charge in [-0.25, -0.2) is 4.79 Å². The molecule has 1 rings (SSSR count). The Morgan fingerprint density at radius 2 is 2.29 bits per heavy atom. The minimum atomic E-state index is -1.07. The van der Waals surface area contributed by atoms with Gasteiger partial charge in [-0.2, -0.15) is 12.6 Å². The van der Waals surface area contributed by atoms with Crippen molar-refractivity contribution in [3.05, 3.63) is 30.1 Å². The molecule has 2 unspecified atom stereocenters. The fraction of sp³-hybridized carbons (Fsp3) is 0.364. The summed E-state index contributed by atoms with van der Waals surface area (Å²) in [5, 5.41) is 11.3. The van der Waals surface area contributed by atoms with Gasteiger partial charge in [0, 0.05) is 17.6 Å². The van der Waals surface area contributed by atoms with Crippen molar-refractivity contribution < 1.29 is 14.7 Å². The third-order valence-electron chi connectivity index (χ3n) is 2.10. The molecule has 17 heavy (non-hydrogen) atoms. The summed E-state index contributed by atoms with van der Waals surface area (Å²) in [6.07, 6.45) is 3.20. The first kappa shape index (κ1) is 13.5. The van der Waals surface area contributed by atoms with E-state index in [1.165, 1.54) is 6.20 Å². The second-order valence-electron chi connectivity index (χ2n) is 3.69. The number of hydrogen-bond acceptors (Lipinski definition) is 4. The topological polar surface area (TPSA) is 79.3 Å². The van der Waals surface area contributed by atoms with Crippen LogP contribution in [-0.2, 0) is 4.79 Å². The number of pyridine rings is 1. The molecule has 0 aliphatic carbocycles. The number of amides is 1. The van der Waals surface area contributed by atoms with Crippen molar-refractivity contribution in [1.29, 1.82) is 0 Å². The SMILES string of the molecule is CC(S)CC(NC(=O)c1cccnc1)C(=O)O. The predicted molar refractivity (Wildman–Crippen MR) is 66.2 cm³/mol. The summed E-state index contributed by atoms with van der Waals surface area (Å²) in [6.45, 7) is 1.77. The Morgan fingerprint density at radius 1 is 1.59 bits per heavy atom. The third-order valence-corrected chi connectivity index (χ3v) is 2.31. The van der Waals surface area contributed by atoms with Crippen molar-refractivity contribution in [3.63, 3.8) is 0 Å². The quantitative estimate of drug-likeness (QED) is 0.684. The van der Waals surface area contributed by atoms with Gasteiger partial charge in [-0.1, -0.05) is 6.92 Å². The normalized spacial score (nSPS) is 13.8. The van der Waals surface area contributed by atoms with Crippen LogP contribution in [0, 0.1) is 0 Å². The van der Waals surface area contributed by atoms with Crippen molar-refractivity contribution in [1.82, 2.24) is 10.3 Å². The molecule has 0 saturated heterocycles. The molecule has 6 heteroatoms. The van der Waals surface area contributed by atoms with Gasteiger partial charge >= 0.3 is 5.97 Å². The van der Waals surface area contributed by atoms with E-state index in [4.69, 9.17) is 5.11 Å². The van der Waals surface area contributed by atoms with Gasteiger partial charge in [0.1, 0.15) is 6.04 Å². The van der Waals surface area contributed by atoms with Crippen molar-refractivity contribution in [2.24, 2.45) is 0 Å². The van der Waals surface area contributed by atoms with E-state index in [0.717, 1.165) is 0 Å². The van der Waals surface area contributed by atoms with E-state index in [1.54, 1.807) is 25.3 Å². The minimum absolute atomic E-state index is 0.106. The van der Waals surface area contributed by atoms with Crippen LogP contribution in [0.25, 0.3) is 0 Å². The van der Waals surface area contributed by atoms with E-state index in [-0.39, 0.29) is 11.7 Å². The summed E-state index contributed by atoms with van der Waals surface area (Å²) < 4.78 is 0. The number of carboxylic acids is 1. The first-order chi connectivity index (χ1) is 8.00. The number of aliphatic carboxylic acids is 1. The highest BCUT2D eigenvalue weighted by Gasteiger charge is 2.21. The van der Waals surface area contributed by atoms with Gasteiger partial charge < -0.3 is 10.4 Å². The lowest BCUT2D eigenvalue weighted by atomic mass is 10.1. The first-order valence-electron chi connectivity index (χ1n) is 5.12. The monoisotopic (exact) mass is 254 g/mol. The zero-order valence-electron chi connectivity index (χ0n) is 9.33. The molecule has 0 fully saturated rings. The molecule has 5 nitrogen and oxygen atoms in total. The maximum absolute atomic E-state index is 11.7. The molecule has 0 radical (unpaired) electrons. The largest absolute Gasteiger partial charge is 0.480 e. The van der Waals surface area contributed by atoms with Crippen molar-refractivity contribution >= 4 is 24.5 Å². The average molecular weight is 254 g/mol. The predicted octanol–water partition coefficient (Wildman–Crippen LogP) is 0.973. The van der Waals surface area contributed by atoms with Crippen LogP contribution in [0.4, 0.5) is 0 Å². The number of carbonyl (C=O) groups is 2. The Labute approximate surface area is 105 Å². The van der Waals surface area contributed by atoms with Crippen LogP contribution in [0.15, 0.2) is 24.5 Å². The highest BCUT2D eigenvalue weighted by molar-refractivity contribution is 7.80. The van der Waals surface area contributed by atoms with Crippen molar-refractivity contribution in [2.75, 3.05) is 0 Å². The Hall–Kier alpha value is -1.56. The first-order valence-corrected chi connectivity index (χ1v) is 5.64. The molecule has 1 aromatic heterocycles. The number of carboxylic acid groups (broad SMARTS) is 1. The summed E-state index contributed by atoms with van der Waals surface area (Å²) in [5.74, 6) is -1.51. The second kappa shape index (κ2) is 6.24. The Balaban J connectivity index is 2.68. The summed E-state index contributed by atoms with van der Waals surface area (Å²) in [6, 6.07) is 2.26. The molecule has 0 aliphatic rings. The van der Waals surface area contributed by atoms with Crippen molar-refractivity contribution in [3.8, 4) is 0 Å². The van der Waals surface area contributed by atoms with E-state index in [1.807, 2.05) is 0 Å². The molecule has 0 saturated carbocycles. The molecule has 0 aliphatic heterocycles. The molecule has 1 heterocycles. The molecule has 92 valence electrons. The van der Waals surface area contributed by atoms with Gasteiger partial charge in [0.15, 0.2) is 0 Å². The lowest BCUT2D eigenvalue weighted by Gasteiger charge is -2.15. The lowest BCUT2D eigenvalue weighted by molar-refractivity contribution is -0.139. The third kappa shape index (κ3) is 4.44. The minimum Gasteiger partial charge on any atom is -0.480 e. The number of carbonyl (C=O) groups excluding carboxylic acids is 1. The molecule has 2 N–H and O–H groups in total. The number of nitrogens with one attached hydrogen (secondary N) is 1. The molecular formula is C11H14N2O3S. The highest BCUT2D eigenvalue weighted by Crippen LogP contribution is 2.06. The maximum atomic E-state index is 11.7. The molecule has 1 amide bonds. The summed E-state index contributed by atoms with van der Waals surface area (Å²) in [7, 11) is 0. The van der Waals surface area contributed by atoms with Crippen LogP contribution in [0.3, 0.4) is 0 Å². The van der Waals surface area contributed by atoms with Crippen LogP contribution in [0.1, 0.15) is 23.7 Å². The number of thiol groups is 1. The Kier molecular flexibility index (Phi) is 4.96. The summed E-state index contributed by atoms with van der Waals surface area (Å²) in [5.41, 5.74) is 0.338. The van der Waals surface area contributed by atoms with Crippen LogP contribution in [0.2, 0.25) is 0 Å². The highest BCUT2D eigenvalue weighted by atomic mass is 32.1. The molecule has 1 aromatic rings. The standard InChI is InChI=1S/C11H14N2O3S/c1-7(17)5-9(11(15)16)13-10(14)8-3-2-4-12-6-8/h2-4,6-7,9,17H,5H2,1H3,(H,13,14)(H,15,16). The molecular weight excluding hydrogens is 240 g/mol. The molecule has 0 aromatic carbocycles. The number of nitrogens with zero attached hydrogens (tertiary/aromatic N) is 1. The van der Waals surface area contributed by atoms with E-state index in [2.05, 4.69) is 22.9 Å². The summed E-state index contributed by atoms with van der Waals surface area (Å²) in [4.78, 5) is 26.4. The smallest absolute Gasteiger partial charge is 0.326 e. The molecule has 0 spiro atoms. The summed E-state index contributed by atoms with van der Waals surface area (Å²) >= 11 is 4.11. The van der Waals surface area contributed by atoms with Gasteiger partial charge in [-0.15, -0.1) is 0 Å². The molecule has 2 atom stereocenters. The van der Waals surface area contributed by atoms with Crippen molar-refractivity contribution in [2.45, 2.75) is 24.6 Å². The zero-order valence-corrected chi connectivity index (χ0v) is 10.2. The van der Waals surface area contributed by atoms with Gasteiger partial charge in [0.25, 0.3) is 5.91 Å².